The highest BCUT2D eigenvalue weighted by atomic mass is 35.5. The molecule has 0 radical (unpaired) electrons. The van der Waals surface area contributed by atoms with Gasteiger partial charge in [0.2, 0.25) is 5.52 Å². The van der Waals surface area contributed by atoms with Gasteiger partial charge in [-0.15, -0.1) is 0 Å². The molecule has 144 valence electrons. The second-order valence-electron chi connectivity index (χ2n) is 6.91. The molecule has 0 bridgehead atoms. The maximum atomic E-state index is 12.7. The summed E-state index contributed by atoms with van der Waals surface area (Å²) in [6, 6.07) is 9.12. The molecule has 0 aliphatic carbocycles. The average molecular weight is 424 g/mol. The molecule has 0 aliphatic rings. The second kappa shape index (κ2) is 6.47. The number of nitrogens with zero attached hydrogens (tertiary/aromatic N) is 5. The van der Waals surface area contributed by atoms with Crippen molar-refractivity contribution in [2.75, 3.05) is 0 Å². The van der Waals surface area contributed by atoms with E-state index in [1.54, 1.807) is 41.3 Å². The predicted octanol–water partition coefficient (Wildman–Crippen LogP) is 4.80. The number of imidazole rings is 1. The number of benzene rings is 1. The van der Waals surface area contributed by atoms with E-state index in [1.165, 1.54) is 0 Å². The van der Waals surface area contributed by atoms with Crippen molar-refractivity contribution in [1.29, 1.82) is 0 Å². The molecule has 1 aromatic carbocycles. The number of aryl methyl sites for hydroxylation is 2. The van der Waals surface area contributed by atoms with E-state index in [1.807, 2.05) is 36.8 Å². The molecular weight excluding hydrogens is 409 g/mol. The zero-order valence-corrected chi connectivity index (χ0v) is 17.1. The average Bonchev–Trinajstić information content (AvgIpc) is 3.26. The minimum atomic E-state index is 0.531. The zero-order valence-electron chi connectivity index (χ0n) is 15.6. The summed E-state index contributed by atoms with van der Waals surface area (Å²) in [5, 5.41) is 18.7. The minimum absolute atomic E-state index is 0.531. The Morgan fingerprint density at radius 2 is 1.86 bits per heavy atom. The molecule has 4 heterocycles. The molecule has 0 amide bonds. The molecule has 5 rings (SSSR count). The van der Waals surface area contributed by atoms with E-state index in [4.69, 9.17) is 28.2 Å². The highest BCUT2D eigenvalue weighted by Gasteiger charge is 2.20. The van der Waals surface area contributed by atoms with Crippen molar-refractivity contribution in [3.63, 3.8) is 0 Å². The molecule has 8 heteroatoms. The Morgan fingerprint density at radius 3 is 2.55 bits per heavy atom. The van der Waals surface area contributed by atoms with E-state index in [9.17, 15) is 5.21 Å². The molecule has 0 fully saturated rings. The highest BCUT2D eigenvalue weighted by Crippen LogP contribution is 2.37. The molecule has 0 unspecified atom stereocenters. The summed E-state index contributed by atoms with van der Waals surface area (Å²) in [5.74, 6) is 0. The van der Waals surface area contributed by atoms with Crippen molar-refractivity contribution in [1.82, 2.24) is 19.2 Å². The first-order valence-electron chi connectivity index (χ1n) is 8.92. The van der Waals surface area contributed by atoms with E-state index >= 15 is 0 Å². The molecule has 0 N–H and O–H groups in total. The van der Waals surface area contributed by atoms with Crippen molar-refractivity contribution < 1.29 is 4.73 Å². The largest absolute Gasteiger partial charge is 0.618 e. The van der Waals surface area contributed by atoms with Gasteiger partial charge in [-0.3, -0.25) is 4.68 Å². The van der Waals surface area contributed by atoms with Gasteiger partial charge < -0.3 is 9.61 Å². The zero-order chi connectivity index (χ0) is 20.3. The fourth-order valence-electron chi connectivity index (χ4n) is 3.64. The Bertz CT molecular complexity index is 1400. The van der Waals surface area contributed by atoms with Crippen LogP contribution in [0.5, 0.6) is 0 Å². The standard InChI is InChI=1S/C21H15Cl2N5O/c1-12-20(19-16(22)4-3-5-17(19)23)25-21-15-8-13(14-9-24-26(2)10-14)11-28(29)18(15)6-7-27(12)21/h3-11H,1-2H3. The molecule has 6 nitrogen and oxygen atoms in total. The van der Waals surface area contributed by atoms with Crippen molar-refractivity contribution in [2.24, 2.45) is 7.05 Å². The topological polar surface area (TPSA) is 62.1 Å². The van der Waals surface area contributed by atoms with E-state index in [0.717, 1.165) is 26.9 Å². The van der Waals surface area contributed by atoms with Crippen molar-refractivity contribution in [3.8, 4) is 22.4 Å². The third kappa shape index (κ3) is 2.75. The summed E-state index contributed by atoms with van der Waals surface area (Å²) in [4.78, 5) is 4.83. The molecule has 0 atom stereocenters. The van der Waals surface area contributed by atoms with Crippen molar-refractivity contribution in [2.45, 2.75) is 6.92 Å². The van der Waals surface area contributed by atoms with Gasteiger partial charge in [0.1, 0.15) is 0 Å². The van der Waals surface area contributed by atoms with Gasteiger partial charge in [0.25, 0.3) is 0 Å². The molecule has 4 aromatic heterocycles. The summed E-state index contributed by atoms with van der Waals surface area (Å²) in [6.45, 7) is 1.96. The van der Waals surface area contributed by atoms with Crippen LogP contribution in [-0.2, 0) is 7.05 Å². The van der Waals surface area contributed by atoms with Gasteiger partial charge in [-0.2, -0.15) is 9.83 Å². The van der Waals surface area contributed by atoms with Crippen LogP contribution in [0.3, 0.4) is 0 Å². The van der Waals surface area contributed by atoms with E-state index < -0.39 is 0 Å². The van der Waals surface area contributed by atoms with Crippen LogP contribution in [0.2, 0.25) is 10.0 Å². The van der Waals surface area contributed by atoms with Crippen LogP contribution < -0.4 is 4.73 Å². The van der Waals surface area contributed by atoms with Gasteiger partial charge in [-0.05, 0) is 25.1 Å². The predicted molar refractivity (Wildman–Crippen MR) is 114 cm³/mol. The van der Waals surface area contributed by atoms with E-state index in [0.29, 0.717) is 32.5 Å². The highest BCUT2D eigenvalue weighted by molar-refractivity contribution is 6.39. The number of pyridine rings is 2. The van der Waals surface area contributed by atoms with Crippen LogP contribution in [0.4, 0.5) is 0 Å². The maximum absolute atomic E-state index is 12.7. The van der Waals surface area contributed by atoms with Crippen LogP contribution >= 0.6 is 23.2 Å². The summed E-state index contributed by atoms with van der Waals surface area (Å²) in [7, 11) is 1.84. The summed E-state index contributed by atoms with van der Waals surface area (Å²) >= 11 is 12.8. The molecule has 0 saturated heterocycles. The van der Waals surface area contributed by atoms with Gasteiger partial charge in [-0.25, -0.2) is 4.98 Å². The third-order valence-corrected chi connectivity index (χ3v) is 5.71. The second-order valence-corrected chi connectivity index (χ2v) is 7.72. The quantitative estimate of drug-likeness (QED) is 0.302. The number of aromatic nitrogens is 5. The Kier molecular flexibility index (Phi) is 4.01. The number of halogens is 2. The SMILES string of the molecule is Cc1c(-c2c(Cl)cccc2Cl)nc2c3cc(-c4cnn(C)c4)c[n+]([O-])c3ccn12. The molecule has 0 saturated carbocycles. The Hall–Kier alpha value is -3.09. The van der Waals surface area contributed by atoms with Gasteiger partial charge in [0, 0.05) is 42.3 Å². The Morgan fingerprint density at radius 1 is 1.10 bits per heavy atom. The number of hydrogen-bond acceptors (Lipinski definition) is 3. The lowest BCUT2D eigenvalue weighted by atomic mass is 10.1. The summed E-state index contributed by atoms with van der Waals surface area (Å²) < 4.78 is 4.51. The summed E-state index contributed by atoms with van der Waals surface area (Å²) in [6.07, 6.45) is 6.99. The first-order valence-corrected chi connectivity index (χ1v) is 9.67. The van der Waals surface area contributed by atoms with E-state index in [2.05, 4.69) is 5.10 Å². The molecule has 0 spiro atoms. The minimum Gasteiger partial charge on any atom is -0.618 e. The molecule has 5 aromatic rings. The van der Waals surface area contributed by atoms with Gasteiger partial charge >= 0.3 is 0 Å². The van der Waals surface area contributed by atoms with Gasteiger partial charge in [0.15, 0.2) is 11.8 Å². The third-order valence-electron chi connectivity index (χ3n) is 5.08. The first kappa shape index (κ1) is 18.0. The monoisotopic (exact) mass is 423 g/mol. The molecule has 0 aliphatic heterocycles. The van der Waals surface area contributed by atoms with Crippen LogP contribution in [0, 0.1) is 12.1 Å². The lowest BCUT2D eigenvalue weighted by molar-refractivity contribution is -0.576. The van der Waals surface area contributed by atoms with Crippen molar-refractivity contribution >= 4 is 39.8 Å². The molecule has 29 heavy (non-hydrogen) atoms. The number of hydrogen-bond donors (Lipinski definition) is 0. The Balaban J connectivity index is 1.84. The Labute approximate surface area is 176 Å². The number of fused-ring (bicyclic) bond motifs is 3. The van der Waals surface area contributed by atoms with Crippen LogP contribution in [-0.4, -0.2) is 19.2 Å². The van der Waals surface area contributed by atoms with Gasteiger partial charge in [0.05, 0.1) is 32.9 Å². The van der Waals surface area contributed by atoms with Crippen LogP contribution in [0.1, 0.15) is 5.69 Å². The smallest absolute Gasteiger partial charge is 0.229 e. The summed E-state index contributed by atoms with van der Waals surface area (Å²) in [5.41, 5.74) is 5.10. The molecular formula is C21H15Cl2N5O. The number of rotatable bonds is 2. The fourth-order valence-corrected chi connectivity index (χ4v) is 4.22. The lowest BCUT2D eigenvalue weighted by Gasteiger charge is -2.06. The van der Waals surface area contributed by atoms with Crippen LogP contribution in [0.25, 0.3) is 38.9 Å². The van der Waals surface area contributed by atoms with Crippen LogP contribution in [0.15, 0.2) is 55.1 Å². The normalized spacial score (nSPS) is 11.6. The van der Waals surface area contributed by atoms with Gasteiger partial charge in [-0.1, -0.05) is 29.3 Å². The maximum Gasteiger partial charge on any atom is 0.229 e. The van der Waals surface area contributed by atoms with E-state index in [-0.39, 0.29) is 0 Å². The first-order chi connectivity index (χ1) is 13.9. The lowest BCUT2D eigenvalue weighted by Crippen LogP contribution is -2.26. The van der Waals surface area contributed by atoms with Crippen molar-refractivity contribution in [3.05, 3.63) is 76.1 Å². The fraction of sp³-hybridized carbons (Fsp3) is 0.0952.